The van der Waals surface area contributed by atoms with Gasteiger partial charge in [-0.25, -0.2) is 4.39 Å². The van der Waals surface area contributed by atoms with Crippen molar-refractivity contribution in [2.24, 2.45) is 0 Å². The minimum Gasteiger partial charge on any atom is -0.366 e. The van der Waals surface area contributed by atoms with Crippen molar-refractivity contribution in [3.63, 3.8) is 0 Å². The minimum absolute atomic E-state index is 0.0588. The molecule has 0 aliphatic carbocycles. The Kier molecular flexibility index (Phi) is 5.38. The Balaban J connectivity index is 1.36. The molecule has 0 radical (unpaired) electrons. The molecule has 1 aromatic carbocycles. The first-order valence-electron chi connectivity index (χ1n) is 9.68. The molecule has 2 aliphatic rings. The highest BCUT2D eigenvalue weighted by atomic mass is 19.1. The zero-order valence-electron chi connectivity index (χ0n) is 16.1. The Morgan fingerprint density at radius 1 is 0.857 bits per heavy atom. The van der Waals surface area contributed by atoms with Gasteiger partial charge in [0.1, 0.15) is 5.82 Å². The van der Waals surface area contributed by atoms with Gasteiger partial charge in [-0.1, -0.05) is 12.1 Å². The van der Waals surface area contributed by atoms with E-state index in [-0.39, 0.29) is 11.7 Å². The van der Waals surface area contributed by atoms with Crippen LogP contribution in [0, 0.1) is 5.82 Å². The summed E-state index contributed by atoms with van der Waals surface area (Å²) in [5.41, 5.74) is 1.03. The smallest absolute Gasteiger partial charge is 0.274 e. The van der Waals surface area contributed by atoms with Crippen molar-refractivity contribution in [3.05, 3.63) is 47.9 Å². The maximum Gasteiger partial charge on any atom is 0.274 e. The molecule has 0 atom stereocenters. The first-order valence-corrected chi connectivity index (χ1v) is 9.68. The van der Waals surface area contributed by atoms with Crippen LogP contribution in [0.1, 0.15) is 10.5 Å². The molecule has 2 aliphatic heterocycles. The fraction of sp³-hybridized carbons (Fsp3) is 0.450. The first-order chi connectivity index (χ1) is 13.6. The molecular formula is C20H25FN6O. The van der Waals surface area contributed by atoms with Gasteiger partial charge in [0.05, 0.1) is 5.69 Å². The third kappa shape index (κ3) is 3.91. The van der Waals surface area contributed by atoms with Crippen LogP contribution in [0.25, 0.3) is 0 Å². The lowest BCUT2D eigenvalue weighted by atomic mass is 10.2. The molecule has 1 amide bonds. The predicted octanol–water partition coefficient (Wildman–Crippen LogP) is 1.33. The van der Waals surface area contributed by atoms with E-state index < -0.39 is 0 Å². The van der Waals surface area contributed by atoms with E-state index in [0.29, 0.717) is 24.5 Å². The van der Waals surface area contributed by atoms with Crippen LogP contribution < -0.4 is 9.80 Å². The number of benzene rings is 1. The van der Waals surface area contributed by atoms with Crippen molar-refractivity contribution in [1.82, 2.24) is 20.0 Å². The highest BCUT2D eigenvalue weighted by Crippen LogP contribution is 2.22. The zero-order chi connectivity index (χ0) is 19.5. The molecule has 0 saturated carbocycles. The van der Waals surface area contributed by atoms with Crippen LogP contribution in [0.15, 0.2) is 36.4 Å². The number of piperazine rings is 2. The molecule has 0 spiro atoms. The van der Waals surface area contributed by atoms with Crippen molar-refractivity contribution >= 4 is 17.4 Å². The molecule has 3 heterocycles. The topological polar surface area (TPSA) is 55.8 Å². The molecule has 1 aromatic heterocycles. The van der Waals surface area contributed by atoms with Crippen molar-refractivity contribution in [2.75, 3.05) is 69.2 Å². The quantitative estimate of drug-likeness (QED) is 0.796. The number of halogens is 1. The van der Waals surface area contributed by atoms with E-state index in [4.69, 9.17) is 0 Å². The molecular weight excluding hydrogens is 359 g/mol. The van der Waals surface area contributed by atoms with Gasteiger partial charge in [0, 0.05) is 52.4 Å². The van der Waals surface area contributed by atoms with Crippen LogP contribution in [0.5, 0.6) is 0 Å². The molecule has 148 valence electrons. The third-order valence-corrected chi connectivity index (χ3v) is 5.46. The summed E-state index contributed by atoms with van der Waals surface area (Å²) in [6.45, 7) is 6.08. The van der Waals surface area contributed by atoms with Gasteiger partial charge in [-0.2, -0.15) is 0 Å². The van der Waals surface area contributed by atoms with E-state index in [2.05, 4.69) is 27.0 Å². The third-order valence-electron chi connectivity index (χ3n) is 5.46. The number of aromatic nitrogens is 2. The zero-order valence-corrected chi connectivity index (χ0v) is 16.1. The lowest BCUT2D eigenvalue weighted by Crippen LogP contribution is -2.48. The Morgan fingerprint density at radius 3 is 2.18 bits per heavy atom. The molecule has 2 saturated heterocycles. The van der Waals surface area contributed by atoms with Crippen LogP contribution in [-0.2, 0) is 0 Å². The van der Waals surface area contributed by atoms with E-state index in [9.17, 15) is 9.18 Å². The largest absolute Gasteiger partial charge is 0.366 e. The second-order valence-corrected chi connectivity index (χ2v) is 7.30. The van der Waals surface area contributed by atoms with Gasteiger partial charge in [0.25, 0.3) is 5.91 Å². The number of carbonyl (C=O) groups is 1. The lowest BCUT2D eigenvalue weighted by Gasteiger charge is -2.36. The normalized spacial score (nSPS) is 18.4. The molecule has 2 fully saturated rings. The van der Waals surface area contributed by atoms with Gasteiger partial charge < -0.3 is 19.6 Å². The summed E-state index contributed by atoms with van der Waals surface area (Å²) in [4.78, 5) is 20.8. The minimum atomic E-state index is -0.192. The summed E-state index contributed by atoms with van der Waals surface area (Å²) in [6.07, 6.45) is 0. The average Bonchev–Trinajstić information content (AvgIpc) is 2.74. The van der Waals surface area contributed by atoms with E-state index >= 15 is 0 Å². The SMILES string of the molecule is CN1CCN(C(=O)c2ccc(N3CCN(c4ccccc4F)CC3)nn2)CC1. The van der Waals surface area contributed by atoms with Gasteiger partial charge in [-0.15, -0.1) is 10.2 Å². The highest BCUT2D eigenvalue weighted by molar-refractivity contribution is 5.92. The number of anilines is 2. The Labute approximate surface area is 164 Å². The molecule has 7 nitrogen and oxygen atoms in total. The summed E-state index contributed by atoms with van der Waals surface area (Å²) >= 11 is 0. The summed E-state index contributed by atoms with van der Waals surface area (Å²) in [5.74, 6) is 0.502. The van der Waals surface area contributed by atoms with E-state index in [1.165, 1.54) is 6.07 Å². The van der Waals surface area contributed by atoms with Crippen LogP contribution in [-0.4, -0.2) is 85.3 Å². The lowest BCUT2D eigenvalue weighted by molar-refractivity contribution is 0.0657. The molecule has 8 heteroatoms. The van der Waals surface area contributed by atoms with Crippen molar-refractivity contribution in [2.45, 2.75) is 0 Å². The van der Waals surface area contributed by atoms with Crippen LogP contribution >= 0.6 is 0 Å². The molecule has 0 bridgehead atoms. The number of hydrogen-bond donors (Lipinski definition) is 0. The van der Waals surface area contributed by atoms with Gasteiger partial charge in [-0.3, -0.25) is 4.79 Å². The molecule has 0 unspecified atom stereocenters. The van der Waals surface area contributed by atoms with E-state index in [1.54, 1.807) is 12.1 Å². The second kappa shape index (κ2) is 8.10. The second-order valence-electron chi connectivity index (χ2n) is 7.30. The van der Waals surface area contributed by atoms with E-state index in [0.717, 1.165) is 45.1 Å². The Morgan fingerprint density at radius 2 is 1.54 bits per heavy atom. The molecule has 4 rings (SSSR count). The fourth-order valence-corrected chi connectivity index (χ4v) is 3.66. The average molecular weight is 384 g/mol. The van der Waals surface area contributed by atoms with Crippen LogP contribution in [0.3, 0.4) is 0 Å². The van der Waals surface area contributed by atoms with Gasteiger partial charge in [0.2, 0.25) is 0 Å². The summed E-state index contributed by atoms with van der Waals surface area (Å²) in [7, 11) is 2.06. The number of nitrogens with zero attached hydrogens (tertiary/aromatic N) is 6. The van der Waals surface area contributed by atoms with Gasteiger partial charge >= 0.3 is 0 Å². The maximum absolute atomic E-state index is 14.0. The molecule has 28 heavy (non-hydrogen) atoms. The first kappa shape index (κ1) is 18.6. The maximum atomic E-state index is 14.0. The van der Waals surface area contributed by atoms with Crippen LogP contribution in [0.4, 0.5) is 15.9 Å². The van der Waals surface area contributed by atoms with Gasteiger partial charge in [-0.05, 0) is 31.3 Å². The Hall–Kier alpha value is -2.74. The fourth-order valence-electron chi connectivity index (χ4n) is 3.66. The molecule has 2 aromatic rings. The standard InChI is InChI=1S/C20H25FN6O/c1-24-8-10-27(11-9-24)20(28)17-6-7-19(23-22-17)26-14-12-25(13-15-26)18-5-3-2-4-16(18)21/h2-7H,8-15H2,1H3. The number of amides is 1. The highest BCUT2D eigenvalue weighted by Gasteiger charge is 2.23. The van der Waals surface area contributed by atoms with Gasteiger partial charge in [0.15, 0.2) is 11.5 Å². The number of hydrogen-bond acceptors (Lipinski definition) is 6. The molecule has 0 N–H and O–H groups in total. The Bertz CT molecular complexity index is 814. The predicted molar refractivity (Wildman–Crippen MR) is 106 cm³/mol. The van der Waals surface area contributed by atoms with E-state index in [1.807, 2.05) is 28.0 Å². The summed E-state index contributed by atoms with van der Waals surface area (Å²) in [5, 5.41) is 8.44. The van der Waals surface area contributed by atoms with Crippen molar-refractivity contribution < 1.29 is 9.18 Å². The number of likely N-dealkylation sites (N-methyl/N-ethyl adjacent to an activating group) is 1. The monoisotopic (exact) mass is 384 g/mol. The number of carbonyl (C=O) groups excluding carboxylic acids is 1. The number of rotatable bonds is 3. The summed E-state index contributed by atoms with van der Waals surface area (Å²) in [6, 6.07) is 10.5. The van der Waals surface area contributed by atoms with Crippen LogP contribution in [0.2, 0.25) is 0 Å². The van der Waals surface area contributed by atoms with Crippen molar-refractivity contribution in [3.8, 4) is 0 Å². The number of para-hydroxylation sites is 1. The van der Waals surface area contributed by atoms with Crippen molar-refractivity contribution in [1.29, 1.82) is 0 Å². The summed E-state index contributed by atoms with van der Waals surface area (Å²) < 4.78 is 14.0.